The molecule has 1 N–H and O–H groups in total. The number of nitrogens with zero attached hydrogens (tertiary/aromatic N) is 2. The fourth-order valence-electron chi connectivity index (χ4n) is 2.52. The van der Waals surface area contributed by atoms with Gasteiger partial charge in [0, 0.05) is 16.6 Å². The van der Waals surface area contributed by atoms with Crippen LogP contribution in [0, 0.1) is 0 Å². The Hall–Kier alpha value is -2.80. The molecule has 3 aromatic rings. The number of aromatic nitrogens is 2. The van der Waals surface area contributed by atoms with E-state index >= 15 is 0 Å². The van der Waals surface area contributed by atoms with Crippen molar-refractivity contribution in [1.29, 1.82) is 0 Å². The minimum absolute atomic E-state index is 0.279. The van der Waals surface area contributed by atoms with Crippen LogP contribution in [0.5, 0.6) is 11.5 Å². The van der Waals surface area contributed by atoms with Gasteiger partial charge in [-0.15, -0.1) is 0 Å². The molecule has 1 heterocycles. The molecule has 0 aliphatic carbocycles. The first-order valence-corrected chi connectivity index (χ1v) is 8.70. The first-order chi connectivity index (χ1) is 12.6. The molecule has 134 valence electrons. The maximum absolute atomic E-state index is 12.7. The van der Waals surface area contributed by atoms with Crippen LogP contribution in [-0.4, -0.2) is 29.9 Å². The molecular weight excluding hydrogens is 398 g/mol. The lowest BCUT2D eigenvalue weighted by Gasteiger charge is -2.12. The lowest BCUT2D eigenvalue weighted by Crippen LogP contribution is -2.17. The molecule has 0 bridgehead atoms. The third-order valence-corrected chi connectivity index (χ3v) is 4.66. The largest absolute Gasteiger partial charge is 0.497 e. The second kappa shape index (κ2) is 8.05. The monoisotopic (exact) mass is 415 g/mol. The number of carbonyl (C=O) groups excluding carboxylic acids is 1. The van der Waals surface area contributed by atoms with Gasteiger partial charge in [0.1, 0.15) is 17.3 Å². The Morgan fingerprint density at radius 2 is 1.96 bits per heavy atom. The lowest BCUT2D eigenvalue weighted by atomic mass is 10.1. The van der Waals surface area contributed by atoms with E-state index in [-0.39, 0.29) is 5.91 Å². The number of hydrogen-bond acceptors (Lipinski definition) is 4. The zero-order valence-electron chi connectivity index (χ0n) is 14.4. The van der Waals surface area contributed by atoms with Crippen molar-refractivity contribution in [2.45, 2.75) is 6.54 Å². The molecule has 0 spiro atoms. The second-order valence-electron chi connectivity index (χ2n) is 5.49. The summed E-state index contributed by atoms with van der Waals surface area (Å²) in [5, 5.41) is 7.18. The highest BCUT2D eigenvalue weighted by molar-refractivity contribution is 9.10. The number of halogens is 1. The normalized spacial score (nSPS) is 10.4. The van der Waals surface area contributed by atoms with Crippen LogP contribution in [0.3, 0.4) is 0 Å². The predicted molar refractivity (Wildman–Crippen MR) is 103 cm³/mol. The zero-order valence-corrected chi connectivity index (χ0v) is 16.0. The Labute approximate surface area is 159 Å². The number of amides is 1. The Morgan fingerprint density at radius 3 is 2.69 bits per heavy atom. The summed E-state index contributed by atoms with van der Waals surface area (Å²) in [5.74, 6) is 1.39. The quantitative estimate of drug-likeness (QED) is 0.661. The van der Waals surface area contributed by atoms with Crippen LogP contribution in [0.15, 0.2) is 59.2 Å². The third-order valence-electron chi connectivity index (χ3n) is 3.89. The van der Waals surface area contributed by atoms with Crippen LogP contribution in [0.1, 0.15) is 15.9 Å². The van der Waals surface area contributed by atoms with Gasteiger partial charge in [0.25, 0.3) is 5.91 Å². The first kappa shape index (κ1) is 18.0. The molecule has 3 rings (SSSR count). The van der Waals surface area contributed by atoms with Crippen LogP contribution >= 0.6 is 15.9 Å². The van der Waals surface area contributed by atoms with Crippen molar-refractivity contribution in [2.24, 2.45) is 0 Å². The molecule has 7 heteroatoms. The summed E-state index contributed by atoms with van der Waals surface area (Å²) in [6, 6.07) is 14.7. The topological polar surface area (TPSA) is 65.4 Å². The van der Waals surface area contributed by atoms with Gasteiger partial charge in [0.15, 0.2) is 0 Å². The molecule has 1 aromatic heterocycles. The molecule has 0 fully saturated rings. The maximum atomic E-state index is 12.7. The highest BCUT2D eigenvalue weighted by atomic mass is 79.9. The lowest BCUT2D eigenvalue weighted by molar-refractivity contribution is 0.102. The average Bonchev–Trinajstić information content (AvgIpc) is 3.09. The number of anilines is 1. The van der Waals surface area contributed by atoms with Gasteiger partial charge in [-0.2, -0.15) is 5.10 Å². The zero-order chi connectivity index (χ0) is 18.5. The molecule has 0 saturated carbocycles. The molecule has 0 saturated heterocycles. The highest BCUT2D eigenvalue weighted by Crippen LogP contribution is 2.26. The van der Waals surface area contributed by atoms with Crippen molar-refractivity contribution in [3.05, 3.63) is 70.3 Å². The number of ether oxygens (including phenoxy) is 2. The fraction of sp³-hybridized carbons (Fsp3) is 0.158. The van der Waals surface area contributed by atoms with Gasteiger partial charge in [-0.25, -0.2) is 4.68 Å². The van der Waals surface area contributed by atoms with E-state index in [1.54, 1.807) is 42.3 Å². The Balaban J connectivity index is 1.81. The summed E-state index contributed by atoms with van der Waals surface area (Å²) in [6.07, 6.45) is 1.65. The highest BCUT2D eigenvalue weighted by Gasteiger charge is 2.15. The molecule has 2 aromatic carbocycles. The standard InChI is InChI=1S/C19H18BrN3O3/c1-25-14-7-8-15(17(11-14)26-2)19(24)22-18-9-10-21-23(18)12-13-5-3-4-6-16(13)20/h3-11H,12H2,1-2H3,(H,22,24). The molecule has 0 aliphatic rings. The molecule has 6 nitrogen and oxygen atoms in total. The van der Waals surface area contributed by atoms with E-state index in [0.717, 1.165) is 10.0 Å². The summed E-state index contributed by atoms with van der Waals surface area (Å²) < 4.78 is 13.2. The minimum atomic E-state index is -0.279. The van der Waals surface area contributed by atoms with Gasteiger partial charge in [-0.3, -0.25) is 4.79 Å². The van der Waals surface area contributed by atoms with E-state index in [1.807, 2.05) is 24.3 Å². The Kier molecular flexibility index (Phi) is 5.58. The molecule has 1 amide bonds. The SMILES string of the molecule is COc1ccc(C(=O)Nc2ccnn2Cc2ccccc2Br)c(OC)c1. The number of nitrogens with one attached hydrogen (secondary N) is 1. The molecule has 0 radical (unpaired) electrons. The number of hydrogen-bond donors (Lipinski definition) is 1. The molecule has 0 atom stereocenters. The number of rotatable bonds is 6. The molecule has 0 unspecified atom stereocenters. The second-order valence-corrected chi connectivity index (χ2v) is 6.34. The number of carbonyl (C=O) groups is 1. The van der Waals surface area contributed by atoms with Gasteiger partial charge in [0.05, 0.1) is 32.5 Å². The summed E-state index contributed by atoms with van der Waals surface area (Å²) >= 11 is 3.53. The average molecular weight is 416 g/mol. The van der Waals surface area contributed by atoms with Crippen molar-refractivity contribution < 1.29 is 14.3 Å². The van der Waals surface area contributed by atoms with E-state index in [1.165, 1.54) is 7.11 Å². The van der Waals surface area contributed by atoms with Crippen molar-refractivity contribution in [2.75, 3.05) is 19.5 Å². The van der Waals surface area contributed by atoms with E-state index in [4.69, 9.17) is 9.47 Å². The van der Waals surface area contributed by atoms with Gasteiger partial charge >= 0.3 is 0 Å². The van der Waals surface area contributed by atoms with E-state index in [2.05, 4.69) is 26.3 Å². The molecule has 0 aliphatic heterocycles. The predicted octanol–water partition coefficient (Wildman–Crippen LogP) is 3.96. The molecule has 26 heavy (non-hydrogen) atoms. The van der Waals surface area contributed by atoms with Crippen LogP contribution < -0.4 is 14.8 Å². The van der Waals surface area contributed by atoms with E-state index in [0.29, 0.717) is 29.4 Å². The number of methoxy groups -OCH3 is 2. The summed E-state index contributed by atoms with van der Waals surface area (Å²) in [5.41, 5.74) is 1.48. The van der Waals surface area contributed by atoms with Crippen molar-refractivity contribution in [3.8, 4) is 11.5 Å². The van der Waals surface area contributed by atoms with Crippen molar-refractivity contribution in [1.82, 2.24) is 9.78 Å². The van der Waals surface area contributed by atoms with Crippen molar-refractivity contribution >= 4 is 27.7 Å². The van der Waals surface area contributed by atoms with E-state index in [9.17, 15) is 4.79 Å². The van der Waals surface area contributed by atoms with Crippen LogP contribution in [0.4, 0.5) is 5.82 Å². The van der Waals surface area contributed by atoms with Gasteiger partial charge in [0.2, 0.25) is 0 Å². The van der Waals surface area contributed by atoms with Gasteiger partial charge < -0.3 is 14.8 Å². The van der Waals surface area contributed by atoms with Gasteiger partial charge in [-0.1, -0.05) is 34.1 Å². The first-order valence-electron chi connectivity index (χ1n) is 7.91. The van der Waals surface area contributed by atoms with E-state index < -0.39 is 0 Å². The van der Waals surface area contributed by atoms with Crippen molar-refractivity contribution in [3.63, 3.8) is 0 Å². The summed E-state index contributed by atoms with van der Waals surface area (Å²) in [6.45, 7) is 0.532. The summed E-state index contributed by atoms with van der Waals surface area (Å²) in [4.78, 5) is 12.7. The minimum Gasteiger partial charge on any atom is -0.497 e. The Morgan fingerprint density at radius 1 is 1.15 bits per heavy atom. The third kappa shape index (κ3) is 3.88. The van der Waals surface area contributed by atoms with Crippen LogP contribution in [0.25, 0.3) is 0 Å². The van der Waals surface area contributed by atoms with Crippen LogP contribution in [-0.2, 0) is 6.54 Å². The smallest absolute Gasteiger partial charge is 0.260 e. The van der Waals surface area contributed by atoms with Crippen LogP contribution in [0.2, 0.25) is 0 Å². The maximum Gasteiger partial charge on any atom is 0.260 e. The summed E-state index contributed by atoms with van der Waals surface area (Å²) in [7, 11) is 3.08. The number of benzene rings is 2. The van der Waals surface area contributed by atoms with Gasteiger partial charge in [-0.05, 0) is 23.8 Å². The Bertz CT molecular complexity index is 924. The molecular formula is C19H18BrN3O3. The fourth-order valence-corrected chi connectivity index (χ4v) is 2.93.